The van der Waals surface area contributed by atoms with Crippen LogP contribution < -0.4 is 4.74 Å². The summed E-state index contributed by atoms with van der Waals surface area (Å²) in [6.45, 7) is 4.01. The molecular formula is C22H22F2N2O5. The lowest BCUT2D eigenvalue weighted by Crippen LogP contribution is -2.40. The molecule has 1 amide bonds. The first-order chi connectivity index (χ1) is 14.7. The van der Waals surface area contributed by atoms with Crippen molar-refractivity contribution in [2.75, 3.05) is 13.1 Å². The second-order valence-electron chi connectivity index (χ2n) is 7.66. The third kappa shape index (κ3) is 5.04. The number of non-ortho nitro benzene ring substituents is 1. The number of halogens is 2. The van der Waals surface area contributed by atoms with Gasteiger partial charge < -0.3 is 9.64 Å². The fourth-order valence-corrected chi connectivity index (χ4v) is 3.58. The van der Waals surface area contributed by atoms with Crippen molar-refractivity contribution in [2.45, 2.75) is 32.8 Å². The number of likely N-dealkylation sites (tertiary alicyclic amines) is 1. The minimum absolute atomic E-state index is 0.0808. The molecule has 1 fully saturated rings. The second kappa shape index (κ2) is 9.20. The van der Waals surface area contributed by atoms with Crippen LogP contribution >= 0.6 is 0 Å². The van der Waals surface area contributed by atoms with E-state index in [1.807, 2.05) is 0 Å². The first kappa shape index (κ1) is 22.3. The molecule has 1 heterocycles. The van der Waals surface area contributed by atoms with Crippen LogP contribution in [0.25, 0.3) is 0 Å². The van der Waals surface area contributed by atoms with Crippen LogP contribution in [-0.2, 0) is 0 Å². The highest BCUT2D eigenvalue weighted by Gasteiger charge is 2.31. The third-order valence-electron chi connectivity index (χ3n) is 5.12. The lowest BCUT2D eigenvalue weighted by atomic mass is 9.88. The van der Waals surface area contributed by atoms with Crippen molar-refractivity contribution >= 4 is 17.4 Å². The zero-order valence-electron chi connectivity index (χ0n) is 17.1. The van der Waals surface area contributed by atoms with Gasteiger partial charge in [-0.1, -0.05) is 0 Å². The van der Waals surface area contributed by atoms with Crippen molar-refractivity contribution in [3.05, 3.63) is 69.3 Å². The average molecular weight is 432 g/mol. The Morgan fingerprint density at radius 2 is 1.77 bits per heavy atom. The van der Waals surface area contributed by atoms with Crippen molar-refractivity contribution < 1.29 is 28.0 Å². The van der Waals surface area contributed by atoms with E-state index in [4.69, 9.17) is 4.74 Å². The molecule has 0 unspecified atom stereocenters. The SMILES string of the molecule is CC(C)Oc1ccc([N+](=O)[O-])cc1C(=O)N1CCC(C(=O)c2ccc(F)cc2F)CC1. The van der Waals surface area contributed by atoms with Crippen LogP contribution in [0.2, 0.25) is 0 Å². The van der Waals surface area contributed by atoms with Crippen LogP contribution in [0.5, 0.6) is 5.75 Å². The molecule has 0 spiro atoms. The first-order valence-corrected chi connectivity index (χ1v) is 9.91. The normalized spacial score (nSPS) is 14.5. The van der Waals surface area contributed by atoms with E-state index in [0.717, 1.165) is 12.1 Å². The molecule has 7 nitrogen and oxygen atoms in total. The van der Waals surface area contributed by atoms with Gasteiger partial charge in [0.1, 0.15) is 17.4 Å². The molecule has 164 valence electrons. The quantitative estimate of drug-likeness (QED) is 0.384. The van der Waals surface area contributed by atoms with Gasteiger partial charge in [-0.05, 0) is 44.9 Å². The van der Waals surface area contributed by atoms with E-state index in [1.54, 1.807) is 13.8 Å². The summed E-state index contributed by atoms with van der Waals surface area (Å²) in [7, 11) is 0. The van der Waals surface area contributed by atoms with Gasteiger partial charge in [0.2, 0.25) is 0 Å². The van der Waals surface area contributed by atoms with Crippen LogP contribution in [0.3, 0.4) is 0 Å². The maximum atomic E-state index is 13.9. The number of carbonyl (C=O) groups is 2. The van der Waals surface area contributed by atoms with Crippen molar-refractivity contribution in [3.63, 3.8) is 0 Å². The number of nitrogens with zero attached hydrogens (tertiary/aromatic N) is 2. The fourth-order valence-electron chi connectivity index (χ4n) is 3.58. The Morgan fingerprint density at radius 3 is 2.35 bits per heavy atom. The molecule has 0 bridgehead atoms. The Bertz CT molecular complexity index is 1020. The van der Waals surface area contributed by atoms with Gasteiger partial charge in [-0.15, -0.1) is 0 Å². The monoisotopic (exact) mass is 432 g/mol. The van der Waals surface area contributed by atoms with Crippen LogP contribution in [-0.4, -0.2) is 40.7 Å². The average Bonchev–Trinajstić information content (AvgIpc) is 2.72. The predicted octanol–water partition coefficient (Wildman–Crippen LogP) is 4.40. The predicted molar refractivity (Wildman–Crippen MR) is 108 cm³/mol. The molecule has 0 atom stereocenters. The summed E-state index contributed by atoms with van der Waals surface area (Å²) < 4.78 is 32.7. The van der Waals surface area contributed by atoms with Gasteiger partial charge >= 0.3 is 0 Å². The lowest BCUT2D eigenvalue weighted by Gasteiger charge is -2.32. The van der Waals surface area contributed by atoms with Crippen LogP contribution in [0.15, 0.2) is 36.4 Å². The Balaban J connectivity index is 1.74. The van der Waals surface area contributed by atoms with Crippen molar-refractivity contribution in [3.8, 4) is 5.75 Å². The van der Waals surface area contributed by atoms with Crippen LogP contribution in [0.1, 0.15) is 47.4 Å². The zero-order valence-corrected chi connectivity index (χ0v) is 17.1. The number of ketones is 1. The van der Waals surface area contributed by atoms with Crippen LogP contribution in [0, 0.1) is 27.7 Å². The summed E-state index contributed by atoms with van der Waals surface area (Å²) in [6.07, 6.45) is 0.370. The highest BCUT2D eigenvalue weighted by Crippen LogP contribution is 2.29. The van der Waals surface area contributed by atoms with Crippen LogP contribution in [0.4, 0.5) is 14.5 Å². The number of hydrogen-bond acceptors (Lipinski definition) is 5. The molecule has 0 N–H and O–H groups in total. The highest BCUT2D eigenvalue weighted by atomic mass is 19.1. The second-order valence-corrected chi connectivity index (χ2v) is 7.66. The number of Topliss-reactive ketones (excluding diaryl/α,β-unsaturated/α-hetero) is 1. The van der Waals surface area contributed by atoms with Gasteiger partial charge in [0, 0.05) is 37.2 Å². The van der Waals surface area contributed by atoms with E-state index in [1.165, 1.54) is 23.1 Å². The Morgan fingerprint density at radius 1 is 1.10 bits per heavy atom. The standard InChI is InChI=1S/C22H22F2N2O5/c1-13(2)31-20-6-4-16(26(29)30)12-18(20)22(28)25-9-7-14(8-10-25)21(27)17-5-3-15(23)11-19(17)24/h3-6,11-14H,7-10H2,1-2H3. The van der Waals surface area contributed by atoms with Gasteiger partial charge in [-0.2, -0.15) is 0 Å². The number of nitro benzene ring substituents is 1. The minimum atomic E-state index is -0.907. The van der Waals surface area contributed by atoms with Crippen molar-refractivity contribution in [1.29, 1.82) is 0 Å². The molecule has 2 aromatic rings. The van der Waals surface area contributed by atoms with E-state index < -0.39 is 34.2 Å². The molecule has 0 radical (unpaired) electrons. The number of rotatable bonds is 6. The topological polar surface area (TPSA) is 89.8 Å². The molecule has 0 saturated carbocycles. The third-order valence-corrected chi connectivity index (χ3v) is 5.12. The van der Waals surface area contributed by atoms with Crippen molar-refractivity contribution in [2.24, 2.45) is 5.92 Å². The number of carbonyl (C=O) groups excluding carboxylic acids is 2. The van der Waals surface area contributed by atoms with Gasteiger partial charge in [-0.3, -0.25) is 19.7 Å². The number of hydrogen-bond donors (Lipinski definition) is 0. The van der Waals surface area contributed by atoms with E-state index in [-0.39, 0.29) is 41.8 Å². The number of nitro groups is 1. The smallest absolute Gasteiger partial charge is 0.270 e. The molecule has 9 heteroatoms. The largest absolute Gasteiger partial charge is 0.490 e. The summed E-state index contributed by atoms with van der Waals surface area (Å²) in [5.74, 6) is -2.78. The van der Waals surface area contributed by atoms with Gasteiger partial charge in [0.15, 0.2) is 5.78 Å². The van der Waals surface area contributed by atoms with E-state index in [2.05, 4.69) is 0 Å². The highest BCUT2D eigenvalue weighted by molar-refractivity contribution is 5.99. The lowest BCUT2D eigenvalue weighted by molar-refractivity contribution is -0.384. The summed E-state index contributed by atoms with van der Waals surface area (Å²) in [5.41, 5.74) is -0.314. The molecule has 1 aliphatic rings. The Labute approximate surface area is 177 Å². The number of ether oxygens (including phenoxy) is 1. The van der Waals surface area contributed by atoms with Gasteiger partial charge in [0.05, 0.1) is 22.2 Å². The molecular weight excluding hydrogens is 410 g/mol. The maximum absolute atomic E-state index is 13.9. The zero-order chi connectivity index (χ0) is 22.7. The van der Waals surface area contributed by atoms with Gasteiger partial charge in [0.25, 0.3) is 11.6 Å². The molecule has 31 heavy (non-hydrogen) atoms. The molecule has 3 rings (SSSR count). The molecule has 0 aromatic heterocycles. The minimum Gasteiger partial charge on any atom is -0.490 e. The van der Waals surface area contributed by atoms with Gasteiger partial charge in [-0.25, -0.2) is 8.78 Å². The molecule has 2 aromatic carbocycles. The van der Waals surface area contributed by atoms with Crippen molar-refractivity contribution in [1.82, 2.24) is 4.90 Å². The first-order valence-electron chi connectivity index (χ1n) is 9.91. The number of amides is 1. The number of benzene rings is 2. The maximum Gasteiger partial charge on any atom is 0.270 e. The summed E-state index contributed by atoms with van der Waals surface area (Å²) in [5, 5.41) is 11.1. The Hall–Kier alpha value is -3.36. The van der Waals surface area contributed by atoms with E-state index in [0.29, 0.717) is 18.9 Å². The molecule has 0 aliphatic carbocycles. The Kier molecular flexibility index (Phi) is 6.62. The van der Waals surface area contributed by atoms with E-state index in [9.17, 15) is 28.5 Å². The molecule has 1 saturated heterocycles. The summed E-state index contributed by atoms with van der Waals surface area (Å²) in [4.78, 5) is 37.7. The fraction of sp³-hybridized carbons (Fsp3) is 0.364. The summed E-state index contributed by atoms with van der Waals surface area (Å²) >= 11 is 0. The number of piperidine rings is 1. The molecule has 1 aliphatic heterocycles. The van der Waals surface area contributed by atoms with E-state index >= 15 is 0 Å². The summed E-state index contributed by atoms with van der Waals surface area (Å²) in [6, 6.07) is 6.70.